The van der Waals surface area contributed by atoms with Crippen LogP contribution in [0.15, 0.2) is 24.3 Å². The highest BCUT2D eigenvalue weighted by molar-refractivity contribution is 5.85. The van der Waals surface area contributed by atoms with Crippen LogP contribution in [0.4, 0.5) is 5.69 Å². The van der Waals surface area contributed by atoms with Crippen molar-refractivity contribution in [1.29, 1.82) is 0 Å². The molecule has 0 radical (unpaired) electrons. The number of anilines is 1. The van der Waals surface area contributed by atoms with Gasteiger partial charge in [-0.05, 0) is 82.4 Å². The summed E-state index contributed by atoms with van der Waals surface area (Å²) in [7, 11) is 0. The topological polar surface area (TPSA) is 9.72 Å². The largest absolute Gasteiger partial charge is 0.371 e. The van der Waals surface area contributed by atoms with Crippen molar-refractivity contribution < 1.29 is 0 Å². The number of benzene rings is 1. The van der Waals surface area contributed by atoms with Crippen LogP contribution < -0.4 is 4.90 Å². The van der Waals surface area contributed by atoms with Crippen molar-refractivity contribution in [3.05, 3.63) is 29.8 Å². The number of halogens is 2. The molecule has 0 saturated carbocycles. The summed E-state index contributed by atoms with van der Waals surface area (Å²) in [5, 5.41) is 0. The first-order chi connectivity index (χ1) is 12.4. The van der Waals surface area contributed by atoms with Crippen LogP contribution in [0.5, 0.6) is 0 Å². The van der Waals surface area contributed by atoms with Crippen molar-refractivity contribution in [1.82, 2.24) is 9.80 Å². The van der Waals surface area contributed by atoms with E-state index in [2.05, 4.69) is 39.0 Å². The van der Waals surface area contributed by atoms with Crippen LogP contribution >= 0.6 is 24.8 Å². The van der Waals surface area contributed by atoms with Crippen molar-refractivity contribution >= 4 is 30.5 Å². The number of piperidine rings is 3. The molecular weight excluding hydrogens is 377 g/mol. The standard InChI is InChI=1S/C22H35N3.2ClH/c1-3-13-23(14-4-1)19-20-7-9-21(10-8-20)25-17-11-22(12-18-25)24-15-5-2-6-16-24;;/h7-10,22H,1-6,11-19H2;2*1H. The lowest BCUT2D eigenvalue weighted by molar-refractivity contribution is 0.141. The molecule has 3 nitrogen and oxygen atoms in total. The fourth-order valence-electron chi connectivity index (χ4n) is 4.96. The second-order valence-electron chi connectivity index (χ2n) is 8.32. The lowest BCUT2D eigenvalue weighted by atomic mass is 9.99. The lowest BCUT2D eigenvalue weighted by Crippen LogP contribution is -2.46. The van der Waals surface area contributed by atoms with Gasteiger partial charge in [0.2, 0.25) is 0 Å². The summed E-state index contributed by atoms with van der Waals surface area (Å²) in [4.78, 5) is 7.98. The van der Waals surface area contributed by atoms with E-state index in [9.17, 15) is 0 Å². The fourth-order valence-corrected chi connectivity index (χ4v) is 4.96. The number of nitrogens with zero attached hydrogens (tertiary/aromatic N) is 3. The Morgan fingerprint density at radius 2 is 1.22 bits per heavy atom. The zero-order valence-corrected chi connectivity index (χ0v) is 18.3. The maximum Gasteiger partial charge on any atom is 0.0366 e. The Hall–Kier alpha value is -0.480. The lowest BCUT2D eigenvalue weighted by Gasteiger charge is -2.41. The molecule has 1 aromatic carbocycles. The van der Waals surface area contributed by atoms with Gasteiger partial charge in [-0.1, -0.05) is 25.0 Å². The van der Waals surface area contributed by atoms with Gasteiger partial charge in [0.15, 0.2) is 0 Å². The van der Waals surface area contributed by atoms with Crippen molar-refractivity contribution in [3.63, 3.8) is 0 Å². The maximum absolute atomic E-state index is 2.77. The molecule has 0 bridgehead atoms. The van der Waals surface area contributed by atoms with Crippen LogP contribution in [0.1, 0.15) is 56.9 Å². The van der Waals surface area contributed by atoms with Crippen molar-refractivity contribution in [2.75, 3.05) is 44.2 Å². The van der Waals surface area contributed by atoms with Gasteiger partial charge < -0.3 is 9.80 Å². The molecule has 3 heterocycles. The van der Waals surface area contributed by atoms with E-state index in [1.165, 1.54) is 102 Å². The van der Waals surface area contributed by atoms with Gasteiger partial charge >= 0.3 is 0 Å². The predicted molar refractivity (Wildman–Crippen MR) is 121 cm³/mol. The normalized spacial score (nSPS) is 22.7. The minimum atomic E-state index is 0. The summed E-state index contributed by atoms with van der Waals surface area (Å²) in [6, 6.07) is 10.3. The van der Waals surface area contributed by atoms with Crippen molar-refractivity contribution in [3.8, 4) is 0 Å². The van der Waals surface area contributed by atoms with E-state index in [0.29, 0.717) is 0 Å². The average molecular weight is 414 g/mol. The molecule has 0 atom stereocenters. The first kappa shape index (κ1) is 22.8. The van der Waals surface area contributed by atoms with Crippen molar-refractivity contribution in [2.24, 2.45) is 0 Å². The van der Waals surface area contributed by atoms with Gasteiger partial charge in [-0.3, -0.25) is 4.90 Å². The van der Waals surface area contributed by atoms with Crippen LogP contribution in [0.3, 0.4) is 0 Å². The first-order valence-corrected chi connectivity index (χ1v) is 10.7. The SMILES string of the molecule is Cl.Cl.c1cc(N2CCC(N3CCCCC3)CC2)ccc1CN1CCCCC1. The zero-order chi connectivity index (χ0) is 16.9. The van der Waals surface area contributed by atoms with Crippen LogP contribution in [0.25, 0.3) is 0 Å². The summed E-state index contributed by atoms with van der Waals surface area (Å²) in [6.45, 7) is 8.85. The molecule has 27 heavy (non-hydrogen) atoms. The number of hydrogen-bond acceptors (Lipinski definition) is 3. The van der Waals surface area contributed by atoms with E-state index in [4.69, 9.17) is 0 Å². The fraction of sp³-hybridized carbons (Fsp3) is 0.727. The summed E-state index contributed by atoms with van der Waals surface area (Å²) in [5.41, 5.74) is 2.91. The van der Waals surface area contributed by atoms with E-state index in [1.807, 2.05) is 0 Å². The van der Waals surface area contributed by atoms with E-state index in [1.54, 1.807) is 0 Å². The van der Waals surface area contributed by atoms with E-state index >= 15 is 0 Å². The van der Waals surface area contributed by atoms with Gasteiger partial charge in [-0.2, -0.15) is 0 Å². The molecule has 0 spiro atoms. The quantitative estimate of drug-likeness (QED) is 0.689. The van der Waals surface area contributed by atoms with Gasteiger partial charge in [0.1, 0.15) is 0 Å². The third kappa shape index (κ3) is 6.25. The van der Waals surface area contributed by atoms with Gasteiger partial charge in [0.25, 0.3) is 0 Å². The molecule has 3 saturated heterocycles. The molecule has 0 N–H and O–H groups in total. The molecule has 3 fully saturated rings. The Kier molecular flexibility index (Phi) is 9.72. The number of hydrogen-bond donors (Lipinski definition) is 0. The van der Waals surface area contributed by atoms with Crippen LogP contribution in [-0.2, 0) is 6.54 Å². The van der Waals surface area contributed by atoms with E-state index in [-0.39, 0.29) is 24.8 Å². The Bertz CT molecular complexity index is 517. The molecule has 0 aliphatic carbocycles. The zero-order valence-electron chi connectivity index (χ0n) is 16.7. The highest BCUT2D eigenvalue weighted by atomic mass is 35.5. The molecule has 5 heteroatoms. The van der Waals surface area contributed by atoms with E-state index < -0.39 is 0 Å². The van der Waals surface area contributed by atoms with Crippen LogP contribution in [0.2, 0.25) is 0 Å². The molecule has 0 amide bonds. The minimum absolute atomic E-state index is 0. The summed E-state index contributed by atoms with van der Waals surface area (Å²) >= 11 is 0. The Morgan fingerprint density at radius 1 is 0.667 bits per heavy atom. The summed E-state index contributed by atoms with van der Waals surface area (Å²) in [6.07, 6.45) is 11.1. The number of likely N-dealkylation sites (tertiary alicyclic amines) is 2. The van der Waals surface area contributed by atoms with Crippen LogP contribution in [0, 0.1) is 0 Å². The predicted octanol–water partition coefficient (Wildman–Crippen LogP) is 4.97. The molecular formula is C22H37Cl2N3. The highest BCUT2D eigenvalue weighted by Crippen LogP contribution is 2.25. The number of rotatable bonds is 4. The Morgan fingerprint density at radius 3 is 1.81 bits per heavy atom. The molecule has 0 aromatic heterocycles. The monoisotopic (exact) mass is 413 g/mol. The highest BCUT2D eigenvalue weighted by Gasteiger charge is 2.25. The molecule has 1 aromatic rings. The second-order valence-corrected chi connectivity index (χ2v) is 8.32. The molecule has 3 aliphatic heterocycles. The van der Waals surface area contributed by atoms with Gasteiger partial charge in [0.05, 0.1) is 0 Å². The summed E-state index contributed by atoms with van der Waals surface area (Å²) < 4.78 is 0. The summed E-state index contributed by atoms with van der Waals surface area (Å²) in [5.74, 6) is 0. The first-order valence-electron chi connectivity index (χ1n) is 10.7. The minimum Gasteiger partial charge on any atom is -0.371 e. The van der Waals surface area contributed by atoms with Crippen LogP contribution in [-0.4, -0.2) is 55.1 Å². The Labute approximate surface area is 178 Å². The second kappa shape index (κ2) is 11.5. The Balaban J connectivity index is 0.00000131. The van der Waals surface area contributed by atoms with Gasteiger partial charge in [-0.25, -0.2) is 0 Å². The maximum atomic E-state index is 2.77. The molecule has 154 valence electrons. The molecule has 4 rings (SSSR count). The average Bonchev–Trinajstić information content (AvgIpc) is 2.70. The molecule has 3 aliphatic rings. The smallest absolute Gasteiger partial charge is 0.0366 e. The molecule has 0 unspecified atom stereocenters. The third-order valence-electron chi connectivity index (χ3n) is 6.53. The van der Waals surface area contributed by atoms with Gasteiger partial charge in [-0.15, -0.1) is 24.8 Å². The van der Waals surface area contributed by atoms with Crippen molar-refractivity contribution in [2.45, 2.75) is 64.0 Å². The van der Waals surface area contributed by atoms with E-state index in [0.717, 1.165) is 12.6 Å². The third-order valence-corrected chi connectivity index (χ3v) is 6.53. The van der Waals surface area contributed by atoms with Gasteiger partial charge in [0, 0.05) is 31.4 Å².